The van der Waals surface area contributed by atoms with Crippen molar-refractivity contribution in [3.05, 3.63) is 22.7 Å². The van der Waals surface area contributed by atoms with Crippen LogP contribution in [0.3, 0.4) is 0 Å². The van der Waals surface area contributed by atoms with Crippen molar-refractivity contribution >= 4 is 17.5 Å². The Kier molecular flexibility index (Phi) is 4.76. The maximum absolute atomic E-state index is 12.0. The van der Waals surface area contributed by atoms with Crippen LogP contribution in [-0.4, -0.2) is 25.7 Å². The number of benzene rings is 1. The molecule has 4 nitrogen and oxygen atoms in total. The van der Waals surface area contributed by atoms with Gasteiger partial charge in [-0.05, 0) is 30.9 Å². The first-order valence-corrected chi connectivity index (χ1v) is 7.20. The highest BCUT2D eigenvalue weighted by molar-refractivity contribution is 6.32. The molecule has 1 aromatic rings. The Bertz CT molecular complexity index is 498. The lowest BCUT2D eigenvalue weighted by atomic mass is 10.1. The Morgan fingerprint density at radius 3 is 2.70 bits per heavy atom. The fourth-order valence-corrected chi connectivity index (χ4v) is 2.00. The van der Waals surface area contributed by atoms with Gasteiger partial charge in [0, 0.05) is 11.6 Å². The molecule has 0 aliphatic heterocycles. The lowest BCUT2D eigenvalue weighted by molar-refractivity contribution is 0.0950. The normalized spacial score (nSPS) is 14.2. The largest absolute Gasteiger partial charge is 0.493 e. The molecule has 1 aliphatic rings. The molecule has 0 bridgehead atoms. The predicted octanol–water partition coefficient (Wildman–Crippen LogP) is 3.28. The van der Waals surface area contributed by atoms with E-state index in [1.54, 1.807) is 12.1 Å². The van der Waals surface area contributed by atoms with Crippen LogP contribution in [0.15, 0.2) is 12.1 Å². The summed E-state index contributed by atoms with van der Waals surface area (Å²) in [6.07, 6.45) is 2.10. The molecule has 1 aliphatic carbocycles. The van der Waals surface area contributed by atoms with Gasteiger partial charge in [0.1, 0.15) is 0 Å². The van der Waals surface area contributed by atoms with Crippen LogP contribution >= 0.6 is 11.6 Å². The summed E-state index contributed by atoms with van der Waals surface area (Å²) < 4.78 is 10.9. The van der Waals surface area contributed by atoms with E-state index in [-0.39, 0.29) is 5.91 Å². The van der Waals surface area contributed by atoms with Gasteiger partial charge in [0.25, 0.3) is 5.91 Å². The number of amides is 1. The second kappa shape index (κ2) is 6.35. The third-order valence-corrected chi connectivity index (χ3v) is 3.25. The van der Waals surface area contributed by atoms with Crippen LogP contribution in [0, 0.1) is 5.92 Å². The number of ether oxygens (including phenoxy) is 2. The molecule has 110 valence electrons. The van der Waals surface area contributed by atoms with E-state index in [0.717, 1.165) is 12.8 Å². The van der Waals surface area contributed by atoms with Crippen molar-refractivity contribution in [2.45, 2.75) is 32.7 Å². The maximum Gasteiger partial charge on any atom is 0.251 e. The highest BCUT2D eigenvalue weighted by Gasteiger charge is 2.25. The number of nitrogens with one attached hydrogen (secondary N) is 1. The van der Waals surface area contributed by atoms with Crippen molar-refractivity contribution in [2.24, 2.45) is 5.92 Å². The molecular weight excluding hydrogens is 278 g/mol. The lowest BCUT2D eigenvalue weighted by Crippen LogP contribution is -2.25. The van der Waals surface area contributed by atoms with E-state index in [1.807, 2.05) is 0 Å². The standard InChI is InChI=1S/C15H20ClNO3/c1-9(2)8-20-14-12(16)6-10(7-13(14)19-3)15(18)17-11-4-5-11/h6-7,9,11H,4-5,8H2,1-3H3,(H,17,18). The number of rotatable bonds is 6. The van der Waals surface area contributed by atoms with Crippen LogP contribution in [0.5, 0.6) is 11.5 Å². The molecule has 1 aromatic carbocycles. The van der Waals surface area contributed by atoms with Gasteiger partial charge in [-0.25, -0.2) is 0 Å². The highest BCUT2D eigenvalue weighted by atomic mass is 35.5. The average Bonchev–Trinajstić information content (AvgIpc) is 3.20. The van der Waals surface area contributed by atoms with Crippen molar-refractivity contribution in [3.63, 3.8) is 0 Å². The summed E-state index contributed by atoms with van der Waals surface area (Å²) in [5, 5.41) is 3.32. The van der Waals surface area contributed by atoms with Crippen LogP contribution in [0.25, 0.3) is 0 Å². The number of halogens is 1. The number of carbonyl (C=O) groups is 1. The molecule has 1 N–H and O–H groups in total. The van der Waals surface area contributed by atoms with Crippen molar-refractivity contribution in [1.29, 1.82) is 0 Å². The van der Waals surface area contributed by atoms with Gasteiger partial charge in [-0.3, -0.25) is 4.79 Å². The summed E-state index contributed by atoms with van der Waals surface area (Å²) in [7, 11) is 1.54. The molecule has 0 atom stereocenters. The van der Waals surface area contributed by atoms with Gasteiger partial charge in [-0.1, -0.05) is 25.4 Å². The van der Waals surface area contributed by atoms with Crippen molar-refractivity contribution < 1.29 is 14.3 Å². The molecule has 0 unspecified atom stereocenters. The van der Waals surface area contributed by atoms with Gasteiger partial charge >= 0.3 is 0 Å². The number of carbonyl (C=O) groups excluding carboxylic acids is 1. The SMILES string of the molecule is COc1cc(C(=O)NC2CC2)cc(Cl)c1OCC(C)C. The summed E-state index contributed by atoms with van der Waals surface area (Å²) in [6, 6.07) is 3.60. The van der Waals surface area contributed by atoms with E-state index in [9.17, 15) is 4.79 Å². The van der Waals surface area contributed by atoms with Gasteiger partial charge in [0.15, 0.2) is 11.5 Å². The molecule has 0 saturated heterocycles. The third kappa shape index (κ3) is 3.79. The molecule has 0 heterocycles. The Labute approximate surface area is 124 Å². The Morgan fingerprint density at radius 1 is 1.45 bits per heavy atom. The van der Waals surface area contributed by atoms with Gasteiger partial charge in [0.05, 0.1) is 18.7 Å². The van der Waals surface area contributed by atoms with Crippen LogP contribution < -0.4 is 14.8 Å². The van der Waals surface area contributed by atoms with Crippen LogP contribution in [0.4, 0.5) is 0 Å². The summed E-state index contributed by atoms with van der Waals surface area (Å²) >= 11 is 6.21. The molecule has 20 heavy (non-hydrogen) atoms. The van der Waals surface area contributed by atoms with Crippen molar-refractivity contribution in [1.82, 2.24) is 5.32 Å². The first kappa shape index (κ1) is 15.0. The quantitative estimate of drug-likeness (QED) is 0.876. The first-order chi connectivity index (χ1) is 9.51. The molecule has 2 rings (SSSR count). The average molecular weight is 298 g/mol. The van der Waals surface area contributed by atoms with Gasteiger partial charge in [-0.2, -0.15) is 0 Å². The van der Waals surface area contributed by atoms with Crippen LogP contribution in [0.2, 0.25) is 5.02 Å². The first-order valence-electron chi connectivity index (χ1n) is 6.82. The zero-order chi connectivity index (χ0) is 14.7. The van der Waals surface area contributed by atoms with E-state index in [4.69, 9.17) is 21.1 Å². The van der Waals surface area contributed by atoms with E-state index < -0.39 is 0 Å². The maximum atomic E-state index is 12.0. The van der Waals surface area contributed by atoms with E-state index >= 15 is 0 Å². The fraction of sp³-hybridized carbons (Fsp3) is 0.533. The summed E-state index contributed by atoms with van der Waals surface area (Å²) in [5.41, 5.74) is 0.496. The van der Waals surface area contributed by atoms with E-state index in [1.165, 1.54) is 7.11 Å². The van der Waals surface area contributed by atoms with E-state index in [2.05, 4.69) is 19.2 Å². The van der Waals surface area contributed by atoms with Crippen molar-refractivity contribution in [2.75, 3.05) is 13.7 Å². The number of hydrogen-bond donors (Lipinski definition) is 1. The van der Waals surface area contributed by atoms with Crippen LogP contribution in [0.1, 0.15) is 37.0 Å². The summed E-state index contributed by atoms with van der Waals surface area (Å²) in [4.78, 5) is 12.0. The topological polar surface area (TPSA) is 47.6 Å². The third-order valence-electron chi connectivity index (χ3n) is 2.97. The van der Waals surface area contributed by atoms with E-state index in [0.29, 0.717) is 40.7 Å². The minimum atomic E-state index is -0.122. The Balaban J connectivity index is 2.19. The Hall–Kier alpha value is -1.42. The molecule has 1 amide bonds. The van der Waals surface area contributed by atoms with Gasteiger partial charge in [0.2, 0.25) is 0 Å². The lowest BCUT2D eigenvalue weighted by Gasteiger charge is -2.15. The monoisotopic (exact) mass is 297 g/mol. The zero-order valence-corrected chi connectivity index (χ0v) is 12.8. The predicted molar refractivity (Wildman–Crippen MR) is 78.8 cm³/mol. The number of hydrogen-bond acceptors (Lipinski definition) is 3. The highest BCUT2D eigenvalue weighted by Crippen LogP contribution is 2.37. The summed E-state index contributed by atoms with van der Waals surface area (Å²) in [6.45, 7) is 4.65. The molecule has 1 fully saturated rings. The molecule has 0 spiro atoms. The van der Waals surface area contributed by atoms with Gasteiger partial charge in [-0.15, -0.1) is 0 Å². The van der Waals surface area contributed by atoms with Crippen molar-refractivity contribution in [3.8, 4) is 11.5 Å². The molecule has 5 heteroatoms. The minimum Gasteiger partial charge on any atom is -0.493 e. The fourth-order valence-electron chi connectivity index (χ4n) is 1.74. The molecule has 0 aromatic heterocycles. The second-order valence-electron chi connectivity index (χ2n) is 5.44. The molecule has 1 saturated carbocycles. The summed E-state index contributed by atoms with van der Waals surface area (Å²) in [5.74, 6) is 1.24. The second-order valence-corrected chi connectivity index (χ2v) is 5.85. The number of methoxy groups -OCH3 is 1. The molecular formula is C15H20ClNO3. The van der Waals surface area contributed by atoms with Crippen LogP contribution in [-0.2, 0) is 0 Å². The van der Waals surface area contributed by atoms with Gasteiger partial charge < -0.3 is 14.8 Å². The smallest absolute Gasteiger partial charge is 0.251 e. The Morgan fingerprint density at radius 2 is 2.15 bits per heavy atom. The minimum absolute atomic E-state index is 0.122. The zero-order valence-electron chi connectivity index (χ0n) is 12.0. The molecule has 0 radical (unpaired) electrons.